The molecule has 0 aliphatic carbocycles. The number of carbonyl (C=O) groups is 1. The van der Waals surface area contributed by atoms with Crippen molar-refractivity contribution in [3.8, 4) is 6.07 Å². The van der Waals surface area contributed by atoms with Crippen LogP contribution in [0.1, 0.15) is 26.3 Å². The minimum Gasteiger partial charge on any atom is -0.480 e. The highest BCUT2D eigenvalue weighted by atomic mass is 19.1. The Hall–Kier alpha value is -2.09. The molecule has 1 rings (SSSR count). The smallest absolute Gasteiger partial charge is 0.323 e. The highest BCUT2D eigenvalue weighted by molar-refractivity contribution is 5.75. The Morgan fingerprint density at radius 3 is 2.56 bits per heavy atom. The third-order valence-electron chi connectivity index (χ3n) is 2.47. The second-order valence-corrected chi connectivity index (χ2v) is 4.92. The number of nitriles is 1. The summed E-state index contributed by atoms with van der Waals surface area (Å²) in [7, 11) is 0. The molecular weight excluding hydrogens is 235 g/mol. The van der Waals surface area contributed by atoms with Gasteiger partial charge in [-0.25, -0.2) is 4.39 Å². The Labute approximate surface area is 105 Å². The van der Waals surface area contributed by atoms with Crippen LogP contribution in [0.15, 0.2) is 18.2 Å². The van der Waals surface area contributed by atoms with Crippen molar-refractivity contribution in [1.29, 1.82) is 5.26 Å². The molecule has 0 heterocycles. The second kappa shape index (κ2) is 5.05. The summed E-state index contributed by atoms with van der Waals surface area (Å²) in [6, 6.07) is 5.65. The average Bonchev–Trinajstić information content (AvgIpc) is 2.24. The van der Waals surface area contributed by atoms with Gasteiger partial charge in [-0.1, -0.05) is 0 Å². The normalized spacial score (nSPS) is 10.8. The molecule has 0 fully saturated rings. The molecule has 0 saturated carbocycles. The van der Waals surface area contributed by atoms with E-state index in [0.717, 1.165) is 6.07 Å². The molecule has 0 aliphatic rings. The number of carboxylic acid groups (broad SMARTS) is 1. The summed E-state index contributed by atoms with van der Waals surface area (Å²) in [5, 5.41) is 17.9. The first-order chi connectivity index (χ1) is 8.25. The van der Waals surface area contributed by atoms with Crippen LogP contribution >= 0.6 is 0 Å². The molecule has 0 spiro atoms. The van der Waals surface area contributed by atoms with E-state index in [1.54, 1.807) is 4.90 Å². The molecule has 0 unspecified atom stereocenters. The summed E-state index contributed by atoms with van der Waals surface area (Å²) < 4.78 is 13.1. The molecule has 0 radical (unpaired) electrons. The molecule has 0 bridgehead atoms. The predicted molar refractivity (Wildman–Crippen MR) is 65.8 cm³/mol. The van der Waals surface area contributed by atoms with Gasteiger partial charge in [0.05, 0.1) is 11.3 Å². The number of carboxylic acids is 1. The van der Waals surface area contributed by atoms with E-state index in [4.69, 9.17) is 10.4 Å². The van der Waals surface area contributed by atoms with Crippen molar-refractivity contribution in [2.24, 2.45) is 0 Å². The Kier molecular flexibility index (Phi) is 3.92. The number of nitrogens with zero attached hydrogens (tertiary/aromatic N) is 2. The van der Waals surface area contributed by atoms with Crippen LogP contribution in [0.2, 0.25) is 0 Å². The first-order valence-corrected chi connectivity index (χ1v) is 5.45. The predicted octanol–water partition coefficient (Wildman–Crippen LogP) is 2.39. The van der Waals surface area contributed by atoms with Crippen molar-refractivity contribution < 1.29 is 14.3 Å². The van der Waals surface area contributed by atoms with Crippen LogP contribution < -0.4 is 4.90 Å². The van der Waals surface area contributed by atoms with Gasteiger partial charge in [-0.2, -0.15) is 5.26 Å². The van der Waals surface area contributed by atoms with E-state index in [9.17, 15) is 9.18 Å². The lowest BCUT2D eigenvalue weighted by molar-refractivity contribution is -0.135. The lowest BCUT2D eigenvalue weighted by Crippen LogP contribution is -2.45. The van der Waals surface area contributed by atoms with Gasteiger partial charge < -0.3 is 10.0 Å². The molecule has 4 nitrogen and oxygen atoms in total. The Morgan fingerprint density at radius 1 is 1.50 bits per heavy atom. The lowest BCUT2D eigenvalue weighted by Gasteiger charge is -2.37. The van der Waals surface area contributed by atoms with Crippen LogP contribution in [-0.2, 0) is 4.79 Å². The van der Waals surface area contributed by atoms with Crippen LogP contribution in [0.5, 0.6) is 0 Å². The number of hydrogen-bond acceptors (Lipinski definition) is 3. The summed E-state index contributed by atoms with van der Waals surface area (Å²) in [5.41, 5.74) is 0.0712. The maximum Gasteiger partial charge on any atom is 0.323 e. The van der Waals surface area contributed by atoms with Gasteiger partial charge >= 0.3 is 5.97 Å². The standard InChI is InChI=1S/C13H15FN2O2/c1-13(2,3)16(8-12(17)18)11-5-4-10(14)6-9(11)7-15/h4-6H,8H2,1-3H3,(H,17,18). The zero-order valence-corrected chi connectivity index (χ0v) is 10.6. The van der Waals surface area contributed by atoms with Crippen LogP contribution in [0.3, 0.4) is 0 Å². The van der Waals surface area contributed by atoms with Crippen LogP contribution in [0.25, 0.3) is 0 Å². The quantitative estimate of drug-likeness (QED) is 0.894. The zero-order chi connectivity index (χ0) is 13.9. The van der Waals surface area contributed by atoms with E-state index in [2.05, 4.69) is 0 Å². The monoisotopic (exact) mass is 250 g/mol. The van der Waals surface area contributed by atoms with E-state index >= 15 is 0 Å². The number of benzene rings is 1. The van der Waals surface area contributed by atoms with Crippen molar-refractivity contribution in [1.82, 2.24) is 0 Å². The summed E-state index contributed by atoms with van der Waals surface area (Å²) in [6.45, 7) is 5.26. The SMILES string of the molecule is CC(C)(C)N(CC(=O)O)c1ccc(F)cc1C#N. The van der Waals surface area contributed by atoms with Crippen LogP contribution in [0.4, 0.5) is 10.1 Å². The number of aliphatic carboxylic acids is 1. The molecule has 0 saturated heterocycles. The lowest BCUT2D eigenvalue weighted by atomic mass is 10.0. The van der Waals surface area contributed by atoms with Crippen molar-refractivity contribution in [3.63, 3.8) is 0 Å². The maximum absolute atomic E-state index is 13.1. The van der Waals surface area contributed by atoms with Gasteiger partial charge in [0.1, 0.15) is 18.4 Å². The van der Waals surface area contributed by atoms with E-state index < -0.39 is 17.3 Å². The maximum atomic E-state index is 13.1. The Bertz CT molecular complexity index is 501. The third kappa shape index (κ3) is 3.20. The number of rotatable bonds is 3. The van der Waals surface area contributed by atoms with Gasteiger partial charge in [0, 0.05) is 5.54 Å². The van der Waals surface area contributed by atoms with Gasteiger partial charge in [-0.05, 0) is 39.0 Å². The second-order valence-electron chi connectivity index (χ2n) is 4.92. The molecule has 0 amide bonds. The van der Waals surface area contributed by atoms with Crippen LogP contribution in [-0.4, -0.2) is 23.2 Å². The molecule has 18 heavy (non-hydrogen) atoms. The topological polar surface area (TPSA) is 64.3 Å². The van der Waals surface area contributed by atoms with Gasteiger partial charge in [-0.3, -0.25) is 4.79 Å². The highest BCUT2D eigenvalue weighted by Crippen LogP contribution is 2.27. The third-order valence-corrected chi connectivity index (χ3v) is 2.47. The minimum absolute atomic E-state index is 0.131. The van der Waals surface area contributed by atoms with Gasteiger partial charge in [0.25, 0.3) is 0 Å². The average molecular weight is 250 g/mol. The van der Waals surface area contributed by atoms with E-state index in [1.807, 2.05) is 26.8 Å². The summed E-state index contributed by atoms with van der Waals surface area (Å²) in [5.74, 6) is -1.52. The first-order valence-electron chi connectivity index (χ1n) is 5.45. The Balaban J connectivity index is 3.30. The summed E-state index contributed by atoms with van der Waals surface area (Å²) >= 11 is 0. The highest BCUT2D eigenvalue weighted by Gasteiger charge is 2.26. The molecule has 1 N–H and O–H groups in total. The fraction of sp³-hybridized carbons (Fsp3) is 0.385. The van der Waals surface area contributed by atoms with E-state index in [-0.39, 0.29) is 12.1 Å². The minimum atomic E-state index is -1.00. The van der Waals surface area contributed by atoms with E-state index in [1.165, 1.54) is 12.1 Å². The molecular formula is C13H15FN2O2. The zero-order valence-electron chi connectivity index (χ0n) is 10.6. The molecule has 1 aromatic carbocycles. The van der Waals surface area contributed by atoms with Gasteiger partial charge in [0.2, 0.25) is 0 Å². The fourth-order valence-electron chi connectivity index (χ4n) is 1.65. The largest absolute Gasteiger partial charge is 0.480 e. The fourth-order valence-corrected chi connectivity index (χ4v) is 1.65. The van der Waals surface area contributed by atoms with Crippen LogP contribution in [0, 0.1) is 17.1 Å². The van der Waals surface area contributed by atoms with Gasteiger partial charge in [-0.15, -0.1) is 0 Å². The molecule has 96 valence electrons. The number of hydrogen-bond donors (Lipinski definition) is 1. The summed E-state index contributed by atoms with van der Waals surface area (Å²) in [4.78, 5) is 12.5. The summed E-state index contributed by atoms with van der Waals surface area (Å²) in [6.07, 6.45) is 0. The molecule has 0 aromatic heterocycles. The molecule has 0 aliphatic heterocycles. The molecule has 0 atom stereocenters. The molecule has 1 aromatic rings. The van der Waals surface area contributed by atoms with E-state index in [0.29, 0.717) is 5.69 Å². The Morgan fingerprint density at radius 2 is 2.11 bits per heavy atom. The van der Waals surface area contributed by atoms with Crippen molar-refractivity contribution in [3.05, 3.63) is 29.6 Å². The van der Waals surface area contributed by atoms with Gasteiger partial charge in [0.15, 0.2) is 0 Å². The number of halogens is 1. The van der Waals surface area contributed by atoms with Crippen molar-refractivity contribution in [2.75, 3.05) is 11.4 Å². The van der Waals surface area contributed by atoms with Crippen molar-refractivity contribution >= 4 is 11.7 Å². The first kappa shape index (κ1) is 14.0. The number of anilines is 1. The van der Waals surface area contributed by atoms with Crippen molar-refractivity contribution in [2.45, 2.75) is 26.3 Å². The molecule has 5 heteroatoms.